The van der Waals surface area contributed by atoms with Crippen molar-refractivity contribution in [2.75, 3.05) is 31.1 Å². The number of pyridine rings is 1. The van der Waals surface area contributed by atoms with Crippen LogP contribution in [0.15, 0.2) is 47.3 Å². The van der Waals surface area contributed by atoms with Crippen molar-refractivity contribution in [3.8, 4) is 0 Å². The second-order valence-electron chi connectivity index (χ2n) is 11.5. The van der Waals surface area contributed by atoms with Crippen LogP contribution in [0.1, 0.15) is 63.1 Å². The molecule has 0 bridgehead atoms. The summed E-state index contributed by atoms with van der Waals surface area (Å²) in [6.45, 7) is 8.14. The Balaban J connectivity index is 1.25. The fraction of sp³-hybridized carbons (Fsp3) is 0.517. The normalized spacial score (nSPS) is 21.4. The van der Waals surface area contributed by atoms with E-state index in [0.29, 0.717) is 24.5 Å². The zero-order valence-corrected chi connectivity index (χ0v) is 22.7. The lowest BCUT2D eigenvalue weighted by molar-refractivity contribution is -0.148. The lowest BCUT2D eigenvalue weighted by Crippen LogP contribution is -2.47. The summed E-state index contributed by atoms with van der Waals surface area (Å²) in [7, 11) is 0. The van der Waals surface area contributed by atoms with Crippen LogP contribution < -0.4 is 15.8 Å². The molecule has 3 aliphatic heterocycles. The number of ether oxygens (including phenoxy) is 2. The highest BCUT2D eigenvalue weighted by molar-refractivity contribution is 6.01. The van der Waals surface area contributed by atoms with Gasteiger partial charge in [0.1, 0.15) is 18.0 Å². The summed E-state index contributed by atoms with van der Waals surface area (Å²) < 4.78 is 12.6. The quantitative estimate of drug-likeness (QED) is 0.565. The van der Waals surface area contributed by atoms with Gasteiger partial charge in [0.2, 0.25) is 5.91 Å². The second kappa shape index (κ2) is 10.8. The summed E-state index contributed by atoms with van der Waals surface area (Å²) in [4.78, 5) is 55.3. The van der Waals surface area contributed by atoms with Crippen molar-refractivity contribution < 1.29 is 23.9 Å². The average molecular weight is 537 g/mol. The first kappa shape index (κ1) is 26.9. The maximum Gasteiger partial charge on any atom is 0.407 e. The molecule has 1 saturated heterocycles. The Kier molecular flexibility index (Phi) is 7.48. The Morgan fingerprint density at radius 1 is 1.03 bits per heavy atom. The highest BCUT2D eigenvalue weighted by atomic mass is 16.6. The molecule has 0 radical (unpaired) electrons. The number of aromatic nitrogens is 1. The van der Waals surface area contributed by atoms with Gasteiger partial charge in [0.25, 0.3) is 5.56 Å². The van der Waals surface area contributed by atoms with Crippen molar-refractivity contribution in [3.05, 3.63) is 63.9 Å². The molecular weight excluding hydrogens is 500 g/mol. The number of piperidine rings is 1. The van der Waals surface area contributed by atoms with Crippen LogP contribution in [0.25, 0.3) is 0 Å². The van der Waals surface area contributed by atoms with E-state index in [4.69, 9.17) is 9.47 Å². The maximum absolute atomic E-state index is 13.1. The van der Waals surface area contributed by atoms with Crippen LogP contribution in [0.3, 0.4) is 0 Å². The molecule has 1 N–H and O–H groups in total. The molecule has 0 spiro atoms. The molecule has 10 heteroatoms. The van der Waals surface area contributed by atoms with Gasteiger partial charge in [-0.25, -0.2) is 4.79 Å². The summed E-state index contributed by atoms with van der Waals surface area (Å²) in [5.74, 6) is -0.859. The van der Waals surface area contributed by atoms with Gasteiger partial charge in [0.05, 0.1) is 12.0 Å². The molecule has 1 aromatic carbocycles. The number of carbonyl (C=O) groups is 3. The van der Waals surface area contributed by atoms with Crippen molar-refractivity contribution >= 4 is 23.8 Å². The molecule has 1 aromatic heterocycles. The summed E-state index contributed by atoms with van der Waals surface area (Å²) >= 11 is 0. The molecule has 2 aromatic rings. The van der Waals surface area contributed by atoms with Crippen molar-refractivity contribution in [2.24, 2.45) is 0 Å². The number of likely N-dealkylation sites (tertiary alicyclic amines) is 1. The number of nitrogens with zero attached hydrogens (tertiary/aromatic N) is 3. The Bertz CT molecular complexity index is 1290. The predicted molar refractivity (Wildman–Crippen MR) is 145 cm³/mol. The van der Waals surface area contributed by atoms with Gasteiger partial charge in [-0.05, 0) is 45.2 Å². The van der Waals surface area contributed by atoms with E-state index in [9.17, 15) is 19.2 Å². The summed E-state index contributed by atoms with van der Waals surface area (Å²) in [6, 6.07) is 12.4. The molecule has 3 aliphatic rings. The second-order valence-corrected chi connectivity index (χ2v) is 11.5. The van der Waals surface area contributed by atoms with E-state index in [2.05, 4.69) is 10.2 Å². The minimum Gasteiger partial charge on any atom is -0.460 e. The van der Waals surface area contributed by atoms with Crippen LogP contribution in [0.2, 0.25) is 0 Å². The number of benzene rings is 1. The number of hydrogen-bond donors (Lipinski definition) is 1. The number of alkyl carbamates (subject to hydrolysis) is 1. The third-order valence-corrected chi connectivity index (χ3v) is 7.48. The maximum atomic E-state index is 13.1. The highest BCUT2D eigenvalue weighted by Gasteiger charge is 2.44. The van der Waals surface area contributed by atoms with Gasteiger partial charge in [-0.15, -0.1) is 0 Å². The zero-order chi connectivity index (χ0) is 27.7. The number of rotatable bonds is 6. The average Bonchev–Trinajstić information content (AvgIpc) is 3.27. The van der Waals surface area contributed by atoms with Gasteiger partial charge in [0.15, 0.2) is 0 Å². The third-order valence-electron chi connectivity index (χ3n) is 7.48. The van der Waals surface area contributed by atoms with Gasteiger partial charge in [0, 0.05) is 50.3 Å². The number of anilines is 1. The molecule has 0 aliphatic carbocycles. The van der Waals surface area contributed by atoms with E-state index in [0.717, 1.165) is 31.5 Å². The fourth-order valence-corrected chi connectivity index (χ4v) is 5.67. The molecule has 39 heavy (non-hydrogen) atoms. The predicted octanol–water partition coefficient (Wildman–Crippen LogP) is 2.96. The molecule has 208 valence electrons. The Morgan fingerprint density at radius 3 is 2.44 bits per heavy atom. The monoisotopic (exact) mass is 536 g/mol. The van der Waals surface area contributed by atoms with Crippen LogP contribution in [-0.4, -0.2) is 65.3 Å². The highest BCUT2D eigenvalue weighted by Crippen LogP contribution is 2.41. The van der Waals surface area contributed by atoms with Crippen LogP contribution in [0, 0.1) is 0 Å². The van der Waals surface area contributed by atoms with Crippen molar-refractivity contribution in [1.29, 1.82) is 0 Å². The molecule has 10 nitrogen and oxygen atoms in total. The third kappa shape index (κ3) is 6.00. The Labute approximate surface area is 227 Å². The summed E-state index contributed by atoms with van der Waals surface area (Å²) in [5, 5.41) is 2.95. The van der Waals surface area contributed by atoms with Gasteiger partial charge in [-0.2, -0.15) is 0 Å². The van der Waals surface area contributed by atoms with Gasteiger partial charge < -0.3 is 19.7 Å². The molecule has 2 amide bonds. The molecular formula is C29H36N4O6. The first-order chi connectivity index (χ1) is 18.6. The van der Waals surface area contributed by atoms with Gasteiger partial charge in [-0.3, -0.25) is 23.9 Å². The smallest absolute Gasteiger partial charge is 0.407 e. The first-order valence-electron chi connectivity index (χ1n) is 13.6. The van der Waals surface area contributed by atoms with E-state index in [1.165, 1.54) is 6.07 Å². The minimum absolute atomic E-state index is 0.0211. The van der Waals surface area contributed by atoms with Crippen LogP contribution in [-0.2, 0) is 25.7 Å². The lowest BCUT2D eigenvalue weighted by atomic mass is 9.92. The molecule has 4 heterocycles. The van der Waals surface area contributed by atoms with Crippen molar-refractivity contribution in [1.82, 2.24) is 14.8 Å². The number of hydrogen-bond acceptors (Lipinski definition) is 7. The van der Waals surface area contributed by atoms with E-state index in [-0.39, 0.29) is 36.6 Å². The van der Waals surface area contributed by atoms with Crippen molar-refractivity contribution in [3.63, 3.8) is 0 Å². The van der Waals surface area contributed by atoms with E-state index < -0.39 is 23.6 Å². The Hall–Kier alpha value is -3.66. The van der Waals surface area contributed by atoms with Gasteiger partial charge in [-0.1, -0.05) is 30.3 Å². The number of carbonyl (C=O) groups excluding carboxylic acids is 3. The SMILES string of the molecule is CC(C)(C)OC(=O)NC1CCN(C[C@@H]2CN3C(=O)CC(C(=O)OCc4ccccc4)c4ccc(=O)n2c43)CC1. The number of esters is 1. The Morgan fingerprint density at radius 2 is 1.74 bits per heavy atom. The number of amides is 2. The fourth-order valence-electron chi connectivity index (χ4n) is 5.67. The molecule has 1 fully saturated rings. The van der Waals surface area contributed by atoms with E-state index >= 15 is 0 Å². The topological polar surface area (TPSA) is 110 Å². The van der Waals surface area contributed by atoms with Crippen molar-refractivity contribution in [2.45, 2.75) is 70.2 Å². The van der Waals surface area contributed by atoms with E-state index in [1.54, 1.807) is 15.5 Å². The first-order valence-corrected chi connectivity index (χ1v) is 13.6. The van der Waals surface area contributed by atoms with E-state index in [1.807, 2.05) is 51.1 Å². The minimum atomic E-state index is -0.743. The van der Waals surface area contributed by atoms with Crippen LogP contribution >= 0.6 is 0 Å². The molecule has 1 unspecified atom stereocenters. The zero-order valence-electron chi connectivity index (χ0n) is 22.7. The molecule has 0 saturated carbocycles. The van der Waals surface area contributed by atoms with Gasteiger partial charge >= 0.3 is 12.1 Å². The summed E-state index contributed by atoms with van der Waals surface area (Å²) in [5.41, 5.74) is 0.801. The lowest BCUT2D eigenvalue weighted by Gasteiger charge is -2.34. The molecule has 5 rings (SSSR count). The van der Waals surface area contributed by atoms with Crippen LogP contribution in [0.4, 0.5) is 10.6 Å². The molecule has 2 atom stereocenters. The number of nitrogens with one attached hydrogen (secondary N) is 1. The largest absolute Gasteiger partial charge is 0.460 e. The summed E-state index contributed by atoms with van der Waals surface area (Å²) in [6.07, 6.45) is 1.15. The van der Waals surface area contributed by atoms with Crippen LogP contribution in [0.5, 0.6) is 0 Å². The standard InChI is InChI=1S/C29H36N4O6/c1-29(2,3)39-28(37)30-20-11-13-31(14-12-20)16-21-17-32-25(35)15-23(22-9-10-24(34)33(21)26(22)32)27(36)38-18-19-7-5-4-6-8-19/h4-10,20-21,23H,11-18H2,1-3H3,(H,30,37)/t21-,23?/m1/s1.